The van der Waals surface area contributed by atoms with Gasteiger partial charge in [0.1, 0.15) is 5.82 Å². The van der Waals surface area contributed by atoms with E-state index in [1.807, 2.05) is 19.2 Å². The lowest BCUT2D eigenvalue weighted by Crippen LogP contribution is -2.33. The summed E-state index contributed by atoms with van der Waals surface area (Å²) < 4.78 is 5.55. The Kier molecular flexibility index (Phi) is 5.25. The fourth-order valence-corrected chi connectivity index (χ4v) is 1.61. The van der Waals surface area contributed by atoms with Crippen molar-refractivity contribution in [2.45, 2.75) is 40.2 Å². The van der Waals surface area contributed by atoms with Crippen molar-refractivity contribution >= 4 is 11.5 Å². The van der Waals surface area contributed by atoms with Crippen LogP contribution in [-0.4, -0.2) is 24.7 Å². The minimum atomic E-state index is 0.417. The molecule has 102 valence electrons. The SMILES string of the molecule is CCCOc1nc(N(C)C(C)C(C)C)ccc1N. The van der Waals surface area contributed by atoms with Crippen LogP contribution in [0.15, 0.2) is 12.1 Å². The highest BCUT2D eigenvalue weighted by molar-refractivity contribution is 5.54. The zero-order valence-electron chi connectivity index (χ0n) is 12.1. The van der Waals surface area contributed by atoms with Crippen LogP contribution in [0, 0.1) is 5.92 Å². The zero-order valence-corrected chi connectivity index (χ0v) is 12.1. The minimum absolute atomic E-state index is 0.417. The van der Waals surface area contributed by atoms with E-state index < -0.39 is 0 Å². The average molecular weight is 251 g/mol. The molecule has 0 saturated carbocycles. The summed E-state index contributed by atoms with van der Waals surface area (Å²) >= 11 is 0. The molecule has 0 spiro atoms. The van der Waals surface area contributed by atoms with Crippen LogP contribution in [0.2, 0.25) is 0 Å². The van der Waals surface area contributed by atoms with Crippen LogP contribution in [0.1, 0.15) is 34.1 Å². The number of aromatic nitrogens is 1. The van der Waals surface area contributed by atoms with E-state index in [2.05, 4.69) is 37.6 Å². The number of anilines is 2. The summed E-state index contributed by atoms with van der Waals surface area (Å²) in [7, 11) is 2.05. The molecule has 2 N–H and O–H groups in total. The van der Waals surface area contributed by atoms with E-state index in [-0.39, 0.29) is 0 Å². The topological polar surface area (TPSA) is 51.4 Å². The van der Waals surface area contributed by atoms with Crippen LogP contribution in [0.5, 0.6) is 5.88 Å². The first-order valence-electron chi connectivity index (χ1n) is 6.59. The fraction of sp³-hybridized carbons (Fsp3) is 0.643. The number of hydrogen-bond acceptors (Lipinski definition) is 4. The average Bonchev–Trinajstić information content (AvgIpc) is 2.36. The molecule has 0 aliphatic heterocycles. The van der Waals surface area contributed by atoms with E-state index in [0.29, 0.717) is 30.1 Å². The maximum Gasteiger partial charge on any atom is 0.239 e. The van der Waals surface area contributed by atoms with Crippen molar-refractivity contribution in [2.24, 2.45) is 5.92 Å². The van der Waals surface area contributed by atoms with Crippen LogP contribution in [0.3, 0.4) is 0 Å². The Morgan fingerprint density at radius 3 is 2.56 bits per heavy atom. The molecule has 0 fully saturated rings. The lowest BCUT2D eigenvalue weighted by atomic mass is 10.1. The predicted octanol–water partition coefficient (Wildman–Crippen LogP) is 2.93. The number of nitrogen functional groups attached to an aromatic ring is 1. The third-order valence-corrected chi connectivity index (χ3v) is 3.25. The summed E-state index contributed by atoms with van der Waals surface area (Å²) in [5.74, 6) is 2.00. The van der Waals surface area contributed by atoms with Gasteiger partial charge in [-0.2, -0.15) is 4.98 Å². The van der Waals surface area contributed by atoms with Crippen molar-refractivity contribution in [3.63, 3.8) is 0 Å². The van der Waals surface area contributed by atoms with E-state index in [1.165, 1.54) is 0 Å². The van der Waals surface area contributed by atoms with Gasteiger partial charge in [-0.1, -0.05) is 20.8 Å². The molecule has 4 nitrogen and oxygen atoms in total. The Morgan fingerprint density at radius 2 is 2.00 bits per heavy atom. The molecule has 0 amide bonds. The highest BCUT2D eigenvalue weighted by Crippen LogP contribution is 2.24. The molecule has 1 aromatic rings. The highest BCUT2D eigenvalue weighted by atomic mass is 16.5. The van der Waals surface area contributed by atoms with E-state index >= 15 is 0 Å². The zero-order chi connectivity index (χ0) is 13.7. The van der Waals surface area contributed by atoms with Crippen molar-refractivity contribution in [1.82, 2.24) is 4.98 Å². The van der Waals surface area contributed by atoms with E-state index in [0.717, 1.165) is 12.2 Å². The second-order valence-corrected chi connectivity index (χ2v) is 5.01. The van der Waals surface area contributed by atoms with Gasteiger partial charge in [0.15, 0.2) is 0 Å². The van der Waals surface area contributed by atoms with Gasteiger partial charge in [0.05, 0.1) is 12.3 Å². The van der Waals surface area contributed by atoms with Crippen molar-refractivity contribution in [2.75, 3.05) is 24.3 Å². The molecule has 4 heteroatoms. The first-order chi connectivity index (χ1) is 8.47. The number of rotatable bonds is 6. The van der Waals surface area contributed by atoms with Crippen LogP contribution in [0.25, 0.3) is 0 Å². The van der Waals surface area contributed by atoms with Gasteiger partial charge in [-0.25, -0.2) is 0 Å². The molecule has 0 aliphatic carbocycles. The van der Waals surface area contributed by atoms with Gasteiger partial charge in [0.2, 0.25) is 5.88 Å². The Balaban J connectivity index is 2.89. The van der Waals surface area contributed by atoms with Crippen LogP contribution in [-0.2, 0) is 0 Å². The smallest absolute Gasteiger partial charge is 0.239 e. The maximum atomic E-state index is 5.86. The first-order valence-corrected chi connectivity index (χ1v) is 6.59. The van der Waals surface area contributed by atoms with E-state index in [1.54, 1.807) is 0 Å². The largest absolute Gasteiger partial charge is 0.476 e. The number of ether oxygens (including phenoxy) is 1. The van der Waals surface area contributed by atoms with E-state index in [9.17, 15) is 0 Å². The van der Waals surface area contributed by atoms with Crippen molar-refractivity contribution < 1.29 is 4.74 Å². The molecule has 1 rings (SSSR count). The molecule has 1 aromatic heterocycles. The summed E-state index contributed by atoms with van der Waals surface area (Å²) in [5, 5.41) is 0. The summed E-state index contributed by atoms with van der Waals surface area (Å²) in [6.07, 6.45) is 0.948. The minimum Gasteiger partial charge on any atom is -0.476 e. The molecule has 0 aromatic carbocycles. The van der Waals surface area contributed by atoms with Gasteiger partial charge >= 0.3 is 0 Å². The van der Waals surface area contributed by atoms with Gasteiger partial charge in [-0.05, 0) is 31.4 Å². The lowest BCUT2D eigenvalue weighted by molar-refractivity contribution is 0.307. The van der Waals surface area contributed by atoms with Gasteiger partial charge in [-0.15, -0.1) is 0 Å². The summed E-state index contributed by atoms with van der Waals surface area (Å²) in [4.78, 5) is 6.65. The molecule has 0 radical (unpaired) electrons. The Labute approximate surface area is 110 Å². The number of nitrogens with zero attached hydrogens (tertiary/aromatic N) is 2. The quantitative estimate of drug-likeness (QED) is 0.844. The standard InChI is InChI=1S/C14H25N3O/c1-6-9-18-14-12(15)7-8-13(16-14)17(5)11(4)10(2)3/h7-8,10-11H,6,9,15H2,1-5H3. The Hall–Kier alpha value is -1.45. The monoisotopic (exact) mass is 251 g/mol. The summed E-state index contributed by atoms with van der Waals surface area (Å²) in [5.41, 5.74) is 6.46. The second-order valence-electron chi connectivity index (χ2n) is 5.01. The van der Waals surface area contributed by atoms with Gasteiger partial charge in [-0.3, -0.25) is 0 Å². The maximum absolute atomic E-state index is 5.86. The van der Waals surface area contributed by atoms with Crippen LogP contribution < -0.4 is 15.4 Å². The highest BCUT2D eigenvalue weighted by Gasteiger charge is 2.16. The lowest BCUT2D eigenvalue weighted by Gasteiger charge is -2.29. The van der Waals surface area contributed by atoms with Gasteiger partial charge in [0, 0.05) is 13.1 Å². The van der Waals surface area contributed by atoms with Crippen molar-refractivity contribution in [1.29, 1.82) is 0 Å². The van der Waals surface area contributed by atoms with Crippen LogP contribution in [0.4, 0.5) is 11.5 Å². The van der Waals surface area contributed by atoms with Gasteiger partial charge < -0.3 is 15.4 Å². The normalized spacial score (nSPS) is 12.6. The third kappa shape index (κ3) is 3.52. The van der Waals surface area contributed by atoms with Crippen molar-refractivity contribution in [3.05, 3.63) is 12.1 Å². The number of nitrogens with two attached hydrogens (primary N) is 1. The first kappa shape index (κ1) is 14.6. The third-order valence-electron chi connectivity index (χ3n) is 3.25. The second kappa shape index (κ2) is 6.47. The summed E-state index contributed by atoms with van der Waals surface area (Å²) in [6, 6.07) is 4.21. The molecule has 0 bridgehead atoms. The molecular weight excluding hydrogens is 226 g/mol. The molecule has 1 heterocycles. The predicted molar refractivity (Wildman–Crippen MR) is 77.1 cm³/mol. The molecule has 1 atom stereocenters. The Morgan fingerprint density at radius 1 is 1.33 bits per heavy atom. The van der Waals surface area contributed by atoms with Crippen LogP contribution >= 0.6 is 0 Å². The summed E-state index contributed by atoms with van der Waals surface area (Å²) in [6.45, 7) is 9.30. The number of hydrogen-bond donors (Lipinski definition) is 1. The molecule has 0 aliphatic rings. The molecule has 18 heavy (non-hydrogen) atoms. The number of pyridine rings is 1. The molecule has 1 unspecified atom stereocenters. The Bertz CT molecular complexity index is 379. The van der Waals surface area contributed by atoms with Crippen molar-refractivity contribution in [3.8, 4) is 5.88 Å². The van der Waals surface area contributed by atoms with E-state index in [4.69, 9.17) is 10.5 Å². The fourth-order valence-electron chi connectivity index (χ4n) is 1.61. The molecule has 0 saturated heterocycles. The van der Waals surface area contributed by atoms with Gasteiger partial charge in [0.25, 0.3) is 0 Å². The molecular formula is C14H25N3O.